The third kappa shape index (κ3) is 9.60. The molecule has 0 bridgehead atoms. The van der Waals surface area contributed by atoms with Crippen molar-refractivity contribution in [2.24, 2.45) is 11.8 Å². The third-order valence-corrected chi connectivity index (χ3v) is 4.74. The first kappa shape index (κ1) is 23.2. The molecule has 0 aliphatic carbocycles. The number of hydrogen-bond acceptors (Lipinski definition) is 4. The number of ether oxygens (including phenoxy) is 2. The molecule has 0 spiro atoms. The highest BCUT2D eigenvalue weighted by molar-refractivity contribution is 5.95. The second-order valence-corrected chi connectivity index (χ2v) is 7.62. The standard InChI is InChI=1S/C23H36O4/c1-5-7-12-19(6-2)17-27-23(25)21-14-10-13-20(16-21)22(24)26-15-9-8-11-18(3)4/h10,13-14,16,18-19H,5-9,11-12,15,17H2,1-4H3. The molecule has 0 radical (unpaired) electrons. The molecule has 1 aromatic carbocycles. The Morgan fingerprint density at radius 3 is 2.19 bits per heavy atom. The molecule has 0 N–H and O–H groups in total. The first-order valence-corrected chi connectivity index (χ1v) is 10.4. The van der Waals surface area contributed by atoms with E-state index >= 15 is 0 Å². The zero-order valence-corrected chi connectivity index (χ0v) is 17.5. The summed E-state index contributed by atoms with van der Waals surface area (Å²) in [7, 11) is 0. The first-order chi connectivity index (χ1) is 13.0. The molecule has 1 aromatic rings. The topological polar surface area (TPSA) is 52.6 Å². The monoisotopic (exact) mass is 376 g/mol. The molecule has 0 aliphatic heterocycles. The summed E-state index contributed by atoms with van der Waals surface area (Å²) in [6, 6.07) is 6.60. The molecular weight excluding hydrogens is 340 g/mol. The van der Waals surface area contributed by atoms with Crippen LogP contribution in [-0.4, -0.2) is 25.2 Å². The molecule has 1 rings (SSSR count). The smallest absolute Gasteiger partial charge is 0.338 e. The van der Waals surface area contributed by atoms with E-state index in [-0.39, 0.29) is 11.9 Å². The predicted octanol–water partition coefficient (Wildman–Crippen LogP) is 6.04. The molecule has 1 atom stereocenters. The maximum absolute atomic E-state index is 12.3. The number of unbranched alkanes of at least 4 members (excludes halogenated alkanes) is 2. The minimum atomic E-state index is -0.386. The van der Waals surface area contributed by atoms with Gasteiger partial charge in [-0.15, -0.1) is 0 Å². The van der Waals surface area contributed by atoms with Crippen molar-refractivity contribution < 1.29 is 19.1 Å². The molecule has 0 aliphatic rings. The summed E-state index contributed by atoms with van der Waals surface area (Å²) >= 11 is 0. The van der Waals surface area contributed by atoms with Gasteiger partial charge in [-0.2, -0.15) is 0 Å². The Kier molecular flexibility index (Phi) is 11.5. The lowest BCUT2D eigenvalue weighted by molar-refractivity contribution is 0.0428. The molecule has 0 amide bonds. The summed E-state index contributed by atoms with van der Waals surface area (Å²) < 4.78 is 10.8. The van der Waals surface area contributed by atoms with Crippen molar-refractivity contribution in [1.82, 2.24) is 0 Å². The van der Waals surface area contributed by atoms with Gasteiger partial charge in [0.2, 0.25) is 0 Å². The van der Waals surface area contributed by atoms with Crippen molar-refractivity contribution in [2.45, 2.75) is 72.6 Å². The average Bonchev–Trinajstić information content (AvgIpc) is 2.67. The Morgan fingerprint density at radius 1 is 0.926 bits per heavy atom. The molecule has 4 heteroatoms. The maximum Gasteiger partial charge on any atom is 0.338 e. The lowest BCUT2D eigenvalue weighted by Crippen LogP contribution is -2.15. The van der Waals surface area contributed by atoms with Crippen molar-refractivity contribution in [3.05, 3.63) is 35.4 Å². The Labute approximate surface area is 164 Å². The van der Waals surface area contributed by atoms with Crippen molar-refractivity contribution in [2.75, 3.05) is 13.2 Å². The number of hydrogen-bond donors (Lipinski definition) is 0. The molecule has 4 nitrogen and oxygen atoms in total. The van der Waals surface area contributed by atoms with E-state index in [9.17, 15) is 9.59 Å². The van der Waals surface area contributed by atoms with Gasteiger partial charge in [0.1, 0.15) is 0 Å². The molecular formula is C23H36O4. The zero-order valence-electron chi connectivity index (χ0n) is 17.5. The Hall–Kier alpha value is -1.84. The van der Waals surface area contributed by atoms with Crippen LogP contribution in [-0.2, 0) is 9.47 Å². The van der Waals surface area contributed by atoms with Crippen LogP contribution in [0.1, 0.15) is 93.4 Å². The van der Waals surface area contributed by atoms with Crippen LogP contribution in [0.5, 0.6) is 0 Å². The van der Waals surface area contributed by atoms with E-state index in [1.165, 1.54) is 0 Å². The van der Waals surface area contributed by atoms with E-state index in [1.54, 1.807) is 24.3 Å². The highest BCUT2D eigenvalue weighted by Crippen LogP contribution is 2.15. The van der Waals surface area contributed by atoms with Crippen LogP contribution in [0, 0.1) is 11.8 Å². The van der Waals surface area contributed by atoms with E-state index < -0.39 is 0 Å². The van der Waals surface area contributed by atoms with Gasteiger partial charge < -0.3 is 9.47 Å². The molecule has 0 fully saturated rings. The Balaban J connectivity index is 2.49. The zero-order chi connectivity index (χ0) is 20.1. The molecule has 27 heavy (non-hydrogen) atoms. The van der Waals surface area contributed by atoms with Crippen LogP contribution in [0.4, 0.5) is 0 Å². The SMILES string of the molecule is CCCCC(CC)COC(=O)c1cccc(C(=O)OCCCCC(C)C)c1. The Morgan fingerprint density at radius 2 is 1.59 bits per heavy atom. The number of esters is 2. The minimum Gasteiger partial charge on any atom is -0.462 e. The van der Waals surface area contributed by atoms with Crippen molar-refractivity contribution >= 4 is 11.9 Å². The van der Waals surface area contributed by atoms with Gasteiger partial charge in [0, 0.05) is 0 Å². The highest BCUT2D eigenvalue weighted by Gasteiger charge is 2.14. The van der Waals surface area contributed by atoms with E-state index in [0.29, 0.717) is 36.2 Å². The lowest BCUT2D eigenvalue weighted by Gasteiger charge is -2.14. The van der Waals surface area contributed by atoms with Crippen molar-refractivity contribution in [3.8, 4) is 0 Å². The largest absolute Gasteiger partial charge is 0.462 e. The molecule has 0 saturated heterocycles. The fraction of sp³-hybridized carbons (Fsp3) is 0.652. The number of benzene rings is 1. The lowest BCUT2D eigenvalue weighted by atomic mass is 10.0. The number of rotatable bonds is 13. The van der Waals surface area contributed by atoms with Crippen LogP contribution in [0.15, 0.2) is 24.3 Å². The van der Waals surface area contributed by atoms with Gasteiger partial charge in [-0.25, -0.2) is 9.59 Å². The number of carbonyl (C=O) groups excluding carboxylic acids is 2. The minimum absolute atomic E-state index is 0.378. The van der Waals surface area contributed by atoms with Crippen LogP contribution in [0.3, 0.4) is 0 Å². The normalized spacial score (nSPS) is 12.0. The van der Waals surface area contributed by atoms with E-state index in [0.717, 1.165) is 44.9 Å². The van der Waals surface area contributed by atoms with E-state index in [2.05, 4.69) is 27.7 Å². The quantitative estimate of drug-likeness (QED) is 0.311. The third-order valence-electron chi connectivity index (χ3n) is 4.74. The molecule has 0 aromatic heterocycles. The summed E-state index contributed by atoms with van der Waals surface area (Å²) in [4.78, 5) is 24.5. The van der Waals surface area contributed by atoms with Gasteiger partial charge in [-0.3, -0.25) is 0 Å². The maximum atomic E-state index is 12.3. The van der Waals surface area contributed by atoms with Crippen LogP contribution in [0.2, 0.25) is 0 Å². The molecule has 0 saturated carbocycles. The average molecular weight is 377 g/mol. The van der Waals surface area contributed by atoms with Gasteiger partial charge in [0.05, 0.1) is 24.3 Å². The second kappa shape index (κ2) is 13.3. The van der Waals surface area contributed by atoms with Gasteiger partial charge in [-0.1, -0.05) is 59.4 Å². The highest BCUT2D eigenvalue weighted by atomic mass is 16.5. The van der Waals surface area contributed by atoms with Crippen LogP contribution in [0.25, 0.3) is 0 Å². The van der Waals surface area contributed by atoms with Gasteiger partial charge in [-0.05, 0) is 49.3 Å². The predicted molar refractivity (Wildman–Crippen MR) is 109 cm³/mol. The summed E-state index contributed by atoms with van der Waals surface area (Å²) in [6.45, 7) is 9.49. The first-order valence-electron chi connectivity index (χ1n) is 10.4. The van der Waals surface area contributed by atoms with Crippen LogP contribution < -0.4 is 0 Å². The van der Waals surface area contributed by atoms with E-state index in [4.69, 9.17) is 9.47 Å². The van der Waals surface area contributed by atoms with Crippen LogP contribution >= 0.6 is 0 Å². The molecule has 1 unspecified atom stereocenters. The van der Waals surface area contributed by atoms with Gasteiger partial charge in [0.25, 0.3) is 0 Å². The summed E-state index contributed by atoms with van der Waals surface area (Å²) in [5.41, 5.74) is 0.793. The Bertz CT molecular complexity index is 565. The second-order valence-electron chi connectivity index (χ2n) is 7.62. The molecule has 0 heterocycles. The summed E-state index contributed by atoms with van der Waals surface area (Å²) in [6.07, 6.45) is 7.41. The summed E-state index contributed by atoms with van der Waals surface area (Å²) in [5, 5.41) is 0. The fourth-order valence-electron chi connectivity index (χ4n) is 2.85. The summed E-state index contributed by atoms with van der Waals surface area (Å²) in [5.74, 6) is 0.297. The van der Waals surface area contributed by atoms with Gasteiger partial charge >= 0.3 is 11.9 Å². The van der Waals surface area contributed by atoms with Crippen molar-refractivity contribution in [1.29, 1.82) is 0 Å². The molecule has 152 valence electrons. The number of carbonyl (C=O) groups is 2. The fourth-order valence-corrected chi connectivity index (χ4v) is 2.85. The van der Waals surface area contributed by atoms with Gasteiger partial charge in [0.15, 0.2) is 0 Å². The van der Waals surface area contributed by atoms with E-state index in [1.807, 2.05) is 0 Å². The van der Waals surface area contributed by atoms with Crippen molar-refractivity contribution in [3.63, 3.8) is 0 Å².